The second-order valence-electron chi connectivity index (χ2n) is 6.54. The first-order valence-electron chi connectivity index (χ1n) is 8.54. The minimum atomic E-state index is -0.351. The summed E-state index contributed by atoms with van der Waals surface area (Å²) in [4.78, 5) is 16.9. The smallest absolute Gasteiger partial charge is 0.255 e. The highest BCUT2D eigenvalue weighted by Gasteiger charge is 2.12. The van der Waals surface area contributed by atoms with E-state index in [1.165, 1.54) is 12.1 Å². The third-order valence-electron chi connectivity index (χ3n) is 4.20. The number of halogens is 1. The van der Waals surface area contributed by atoms with Gasteiger partial charge in [-0.25, -0.2) is 9.37 Å². The molecule has 0 atom stereocenters. The van der Waals surface area contributed by atoms with Gasteiger partial charge in [0.15, 0.2) is 5.58 Å². The highest BCUT2D eigenvalue weighted by molar-refractivity contribution is 6.05. The third-order valence-corrected chi connectivity index (χ3v) is 4.20. The van der Waals surface area contributed by atoms with Gasteiger partial charge in [0.05, 0.1) is 0 Å². The number of carbonyl (C=O) groups is 1. The Bertz CT molecular complexity index is 1140. The molecule has 1 N–H and O–H groups in total. The molecular formula is C22H17FN2O2. The van der Waals surface area contributed by atoms with Crippen LogP contribution in [0.3, 0.4) is 0 Å². The average Bonchev–Trinajstić information content (AvgIpc) is 3.04. The molecule has 1 aromatic heterocycles. The zero-order chi connectivity index (χ0) is 19.0. The number of carbonyl (C=O) groups excluding carboxylic acids is 1. The van der Waals surface area contributed by atoms with Crippen molar-refractivity contribution < 1.29 is 13.6 Å². The van der Waals surface area contributed by atoms with Crippen molar-refractivity contribution in [1.29, 1.82) is 0 Å². The Morgan fingerprint density at radius 3 is 2.52 bits per heavy atom. The Balaban J connectivity index is 1.62. The lowest BCUT2D eigenvalue weighted by atomic mass is 10.1. The number of aryl methyl sites for hydroxylation is 2. The van der Waals surface area contributed by atoms with Gasteiger partial charge in [0.2, 0.25) is 5.89 Å². The van der Waals surface area contributed by atoms with Gasteiger partial charge < -0.3 is 9.73 Å². The van der Waals surface area contributed by atoms with Gasteiger partial charge in [-0.2, -0.15) is 0 Å². The van der Waals surface area contributed by atoms with Crippen LogP contribution in [0.4, 0.5) is 10.1 Å². The topological polar surface area (TPSA) is 55.1 Å². The summed E-state index contributed by atoms with van der Waals surface area (Å²) in [5, 5.41) is 2.88. The number of fused-ring (bicyclic) bond motifs is 1. The van der Waals surface area contributed by atoms with Gasteiger partial charge in [0.1, 0.15) is 11.3 Å². The minimum absolute atomic E-state index is 0.185. The van der Waals surface area contributed by atoms with Crippen LogP contribution in [-0.4, -0.2) is 10.9 Å². The molecular weight excluding hydrogens is 343 g/mol. The van der Waals surface area contributed by atoms with Crippen molar-refractivity contribution in [2.24, 2.45) is 0 Å². The number of hydrogen-bond acceptors (Lipinski definition) is 3. The van der Waals surface area contributed by atoms with Crippen molar-refractivity contribution in [2.75, 3.05) is 5.32 Å². The maximum Gasteiger partial charge on any atom is 0.255 e. The zero-order valence-electron chi connectivity index (χ0n) is 14.9. The van der Waals surface area contributed by atoms with Crippen LogP contribution in [0.25, 0.3) is 22.6 Å². The van der Waals surface area contributed by atoms with Crippen LogP contribution in [0.5, 0.6) is 0 Å². The molecule has 0 aliphatic heterocycles. The molecule has 4 nitrogen and oxygen atoms in total. The summed E-state index contributed by atoms with van der Waals surface area (Å²) in [6, 6.07) is 17.0. The monoisotopic (exact) mass is 360 g/mol. The summed E-state index contributed by atoms with van der Waals surface area (Å²) < 4.78 is 19.1. The van der Waals surface area contributed by atoms with Gasteiger partial charge in [0.25, 0.3) is 5.91 Å². The fraction of sp³-hybridized carbons (Fsp3) is 0.0909. The lowest BCUT2D eigenvalue weighted by Crippen LogP contribution is -2.12. The SMILES string of the molecule is Cc1cc(C)cc(C(=O)Nc2ccc3oc(-c4cccc(F)c4)nc3c2)c1. The molecule has 0 fully saturated rings. The lowest BCUT2D eigenvalue weighted by Gasteiger charge is -2.07. The number of rotatable bonds is 3. The number of benzene rings is 3. The van der Waals surface area contributed by atoms with E-state index in [1.54, 1.807) is 30.3 Å². The first kappa shape index (κ1) is 17.0. The molecule has 0 saturated carbocycles. The van der Waals surface area contributed by atoms with E-state index in [0.717, 1.165) is 11.1 Å². The van der Waals surface area contributed by atoms with Crippen LogP contribution in [0.1, 0.15) is 21.5 Å². The molecule has 5 heteroatoms. The Labute approximate surface area is 155 Å². The first-order valence-corrected chi connectivity index (χ1v) is 8.54. The van der Waals surface area contributed by atoms with E-state index in [9.17, 15) is 9.18 Å². The molecule has 0 radical (unpaired) electrons. The summed E-state index contributed by atoms with van der Waals surface area (Å²) in [5.74, 6) is -0.201. The van der Waals surface area contributed by atoms with Crippen molar-refractivity contribution in [1.82, 2.24) is 4.98 Å². The molecule has 3 aromatic carbocycles. The van der Waals surface area contributed by atoms with Crippen LogP contribution in [0, 0.1) is 19.7 Å². The third kappa shape index (κ3) is 3.58. The van der Waals surface area contributed by atoms with E-state index in [4.69, 9.17) is 4.42 Å². The fourth-order valence-electron chi connectivity index (χ4n) is 3.06. The van der Waals surface area contributed by atoms with Gasteiger partial charge in [-0.1, -0.05) is 23.3 Å². The molecule has 0 bridgehead atoms. The maximum atomic E-state index is 13.4. The van der Waals surface area contributed by atoms with Crippen LogP contribution in [0.2, 0.25) is 0 Å². The predicted molar refractivity (Wildman–Crippen MR) is 103 cm³/mol. The standard InChI is InChI=1S/C22H17FN2O2/c1-13-8-14(2)10-16(9-13)21(26)24-18-6-7-20-19(12-18)25-22(27-20)15-4-3-5-17(23)11-15/h3-12H,1-2H3,(H,24,26). The Morgan fingerprint density at radius 2 is 1.78 bits per heavy atom. The number of aromatic nitrogens is 1. The fourth-order valence-corrected chi connectivity index (χ4v) is 3.06. The van der Waals surface area contributed by atoms with Crippen molar-refractivity contribution in [3.63, 3.8) is 0 Å². The molecule has 0 saturated heterocycles. The quantitative estimate of drug-likeness (QED) is 0.525. The number of hydrogen-bond donors (Lipinski definition) is 1. The number of anilines is 1. The normalized spacial score (nSPS) is 10.9. The Hall–Kier alpha value is -3.47. The summed E-state index contributed by atoms with van der Waals surface area (Å²) in [5.41, 5.74) is 5.01. The van der Waals surface area contributed by atoms with Crippen molar-refractivity contribution in [3.05, 3.63) is 83.2 Å². The van der Waals surface area contributed by atoms with E-state index >= 15 is 0 Å². The molecule has 0 aliphatic carbocycles. The van der Waals surface area contributed by atoms with Gasteiger partial charge in [0, 0.05) is 16.8 Å². The largest absolute Gasteiger partial charge is 0.436 e. The first-order chi connectivity index (χ1) is 13.0. The van der Waals surface area contributed by atoms with Gasteiger partial charge in [-0.05, 0) is 62.4 Å². The molecule has 0 spiro atoms. The number of nitrogens with zero attached hydrogens (tertiary/aromatic N) is 1. The van der Waals surface area contributed by atoms with Gasteiger partial charge in [-0.15, -0.1) is 0 Å². The van der Waals surface area contributed by atoms with E-state index in [0.29, 0.717) is 33.8 Å². The van der Waals surface area contributed by atoms with Gasteiger partial charge >= 0.3 is 0 Å². The zero-order valence-corrected chi connectivity index (χ0v) is 14.9. The van der Waals surface area contributed by atoms with E-state index in [2.05, 4.69) is 10.3 Å². The van der Waals surface area contributed by atoms with Crippen LogP contribution in [-0.2, 0) is 0 Å². The van der Waals surface area contributed by atoms with Crippen molar-refractivity contribution >= 4 is 22.7 Å². The molecule has 4 aromatic rings. The van der Waals surface area contributed by atoms with E-state index < -0.39 is 0 Å². The maximum absolute atomic E-state index is 13.4. The van der Waals surface area contributed by atoms with Gasteiger partial charge in [-0.3, -0.25) is 4.79 Å². The van der Waals surface area contributed by atoms with Crippen LogP contribution >= 0.6 is 0 Å². The Morgan fingerprint density at radius 1 is 1.00 bits per heavy atom. The average molecular weight is 360 g/mol. The summed E-state index contributed by atoms with van der Waals surface area (Å²) >= 11 is 0. The minimum Gasteiger partial charge on any atom is -0.436 e. The highest BCUT2D eigenvalue weighted by Crippen LogP contribution is 2.27. The number of amides is 1. The van der Waals surface area contributed by atoms with E-state index in [-0.39, 0.29) is 11.7 Å². The summed E-state index contributed by atoms with van der Waals surface area (Å²) in [7, 11) is 0. The molecule has 0 unspecified atom stereocenters. The van der Waals surface area contributed by atoms with Crippen LogP contribution < -0.4 is 5.32 Å². The Kier molecular flexibility index (Phi) is 4.20. The molecule has 1 heterocycles. The molecule has 1 amide bonds. The predicted octanol–water partition coefficient (Wildman–Crippen LogP) is 5.50. The number of nitrogens with one attached hydrogen (secondary N) is 1. The second kappa shape index (κ2) is 6.68. The second-order valence-corrected chi connectivity index (χ2v) is 6.54. The summed E-state index contributed by atoms with van der Waals surface area (Å²) in [6.07, 6.45) is 0. The van der Waals surface area contributed by atoms with Crippen molar-refractivity contribution in [3.8, 4) is 11.5 Å². The van der Waals surface area contributed by atoms with Crippen molar-refractivity contribution in [2.45, 2.75) is 13.8 Å². The molecule has 0 aliphatic rings. The molecule has 134 valence electrons. The van der Waals surface area contributed by atoms with Crippen LogP contribution in [0.15, 0.2) is 65.1 Å². The molecule has 27 heavy (non-hydrogen) atoms. The summed E-state index contributed by atoms with van der Waals surface area (Å²) in [6.45, 7) is 3.92. The lowest BCUT2D eigenvalue weighted by molar-refractivity contribution is 0.102. The molecule has 4 rings (SSSR count). The number of oxazole rings is 1. The van der Waals surface area contributed by atoms with E-state index in [1.807, 2.05) is 32.0 Å². The highest BCUT2D eigenvalue weighted by atomic mass is 19.1.